The lowest BCUT2D eigenvalue weighted by Crippen LogP contribution is -2.29. The monoisotopic (exact) mass is 265 g/mol. The smallest absolute Gasteiger partial charge is 0.222 e. The van der Waals surface area contributed by atoms with Crippen molar-refractivity contribution < 1.29 is 14.6 Å². The van der Waals surface area contributed by atoms with Crippen molar-refractivity contribution in [1.29, 1.82) is 0 Å². The molecule has 106 valence electrons. The number of carbonyl (C=O) groups is 1. The second kappa shape index (κ2) is 7.79. The number of hydrogen-bond acceptors (Lipinski definition) is 3. The fourth-order valence-electron chi connectivity index (χ4n) is 1.78. The average Bonchev–Trinajstić information content (AvgIpc) is 2.42. The van der Waals surface area contributed by atoms with Crippen LogP contribution in [0.3, 0.4) is 0 Å². The Morgan fingerprint density at radius 1 is 1.47 bits per heavy atom. The fourth-order valence-corrected chi connectivity index (χ4v) is 1.78. The summed E-state index contributed by atoms with van der Waals surface area (Å²) in [5, 5.41) is 9.20. The highest BCUT2D eigenvalue weighted by Gasteiger charge is 2.09. The van der Waals surface area contributed by atoms with E-state index in [1.807, 2.05) is 24.3 Å². The van der Waals surface area contributed by atoms with E-state index >= 15 is 0 Å². The lowest BCUT2D eigenvalue weighted by Gasteiger charge is -2.18. The highest BCUT2D eigenvalue weighted by molar-refractivity contribution is 5.76. The Balaban J connectivity index is 2.40. The Morgan fingerprint density at radius 3 is 2.84 bits per heavy atom. The van der Waals surface area contributed by atoms with Crippen molar-refractivity contribution in [2.75, 3.05) is 20.7 Å². The van der Waals surface area contributed by atoms with Crippen LogP contribution in [0.5, 0.6) is 5.75 Å². The molecule has 1 aromatic rings. The van der Waals surface area contributed by atoms with Gasteiger partial charge in [-0.1, -0.05) is 12.1 Å². The number of methoxy groups -OCH3 is 1. The summed E-state index contributed by atoms with van der Waals surface area (Å²) in [6.45, 7) is 2.32. The van der Waals surface area contributed by atoms with Gasteiger partial charge in [0.2, 0.25) is 5.91 Å². The summed E-state index contributed by atoms with van der Waals surface area (Å²) in [6.07, 6.45) is 1.42. The molecule has 0 aliphatic carbocycles. The molecule has 0 saturated heterocycles. The number of aliphatic hydroxyl groups excluding tert-OH is 1. The lowest BCUT2D eigenvalue weighted by atomic mass is 10.1. The number of nitrogens with zero attached hydrogens (tertiary/aromatic N) is 1. The molecule has 1 aromatic carbocycles. The van der Waals surface area contributed by atoms with Crippen molar-refractivity contribution in [3.8, 4) is 5.75 Å². The summed E-state index contributed by atoms with van der Waals surface area (Å²) >= 11 is 0. The normalized spacial score (nSPS) is 12.0. The van der Waals surface area contributed by atoms with E-state index in [-0.39, 0.29) is 12.0 Å². The molecule has 1 amide bonds. The van der Waals surface area contributed by atoms with Crippen LogP contribution < -0.4 is 4.74 Å². The second-order valence-electron chi connectivity index (χ2n) is 4.80. The van der Waals surface area contributed by atoms with E-state index in [4.69, 9.17) is 4.74 Å². The molecular formula is C15H23NO3. The molecule has 0 spiro atoms. The van der Waals surface area contributed by atoms with E-state index in [1.54, 1.807) is 26.0 Å². The van der Waals surface area contributed by atoms with E-state index < -0.39 is 0 Å². The number of carbonyl (C=O) groups excluding carboxylic acids is 1. The quantitative estimate of drug-likeness (QED) is 0.818. The number of hydrogen-bond donors (Lipinski definition) is 1. The molecule has 0 fully saturated rings. The lowest BCUT2D eigenvalue weighted by molar-refractivity contribution is -0.130. The van der Waals surface area contributed by atoms with Gasteiger partial charge in [-0.25, -0.2) is 0 Å². The Morgan fingerprint density at radius 2 is 2.21 bits per heavy atom. The van der Waals surface area contributed by atoms with Gasteiger partial charge in [0.05, 0.1) is 13.2 Å². The standard InChI is InChI=1S/C15H23NO3/c1-12(17)9-10-16(2)15(18)8-7-13-5-4-6-14(11-13)19-3/h4-6,11-12,17H,7-10H2,1-3H3. The van der Waals surface area contributed by atoms with Crippen molar-refractivity contribution in [3.05, 3.63) is 29.8 Å². The van der Waals surface area contributed by atoms with E-state index in [2.05, 4.69) is 0 Å². The van der Waals surface area contributed by atoms with Crippen LogP contribution >= 0.6 is 0 Å². The van der Waals surface area contributed by atoms with Crippen molar-refractivity contribution in [2.45, 2.75) is 32.3 Å². The number of aryl methyl sites for hydroxylation is 1. The minimum Gasteiger partial charge on any atom is -0.497 e. The van der Waals surface area contributed by atoms with Crippen molar-refractivity contribution in [1.82, 2.24) is 4.90 Å². The highest BCUT2D eigenvalue weighted by Crippen LogP contribution is 2.14. The van der Waals surface area contributed by atoms with Crippen LogP contribution in [0.1, 0.15) is 25.3 Å². The molecule has 4 nitrogen and oxygen atoms in total. The van der Waals surface area contributed by atoms with Gasteiger partial charge < -0.3 is 14.7 Å². The van der Waals surface area contributed by atoms with Gasteiger partial charge in [0.1, 0.15) is 5.75 Å². The highest BCUT2D eigenvalue weighted by atomic mass is 16.5. The number of rotatable bonds is 7. The first-order chi connectivity index (χ1) is 9.02. The molecule has 0 aliphatic rings. The molecular weight excluding hydrogens is 242 g/mol. The number of aliphatic hydroxyl groups is 1. The topological polar surface area (TPSA) is 49.8 Å². The third-order valence-corrected chi connectivity index (χ3v) is 3.07. The fraction of sp³-hybridized carbons (Fsp3) is 0.533. The van der Waals surface area contributed by atoms with Gasteiger partial charge in [0.25, 0.3) is 0 Å². The molecule has 0 aromatic heterocycles. The molecule has 0 saturated carbocycles. The van der Waals surface area contributed by atoms with Gasteiger partial charge in [-0.15, -0.1) is 0 Å². The maximum atomic E-state index is 11.9. The zero-order chi connectivity index (χ0) is 14.3. The average molecular weight is 265 g/mol. The molecule has 1 unspecified atom stereocenters. The van der Waals surface area contributed by atoms with Crippen LogP contribution in [0.25, 0.3) is 0 Å². The summed E-state index contributed by atoms with van der Waals surface area (Å²) in [6, 6.07) is 7.75. The van der Waals surface area contributed by atoms with Crippen LogP contribution in [-0.4, -0.2) is 42.7 Å². The van der Waals surface area contributed by atoms with Gasteiger partial charge in [0, 0.05) is 20.0 Å². The molecule has 0 bridgehead atoms. The van der Waals surface area contributed by atoms with Crippen LogP contribution in [0.15, 0.2) is 24.3 Å². The van der Waals surface area contributed by atoms with E-state index in [1.165, 1.54) is 0 Å². The SMILES string of the molecule is COc1cccc(CCC(=O)N(C)CCC(C)O)c1. The van der Waals surface area contributed by atoms with Crippen LogP contribution in [0, 0.1) is 0 Å². The van der Waals surface area contributed by atoms with Crippen LogP contribution in [0.4, 0.5) is 0 Å². The van der Waals surface area contributed by atoms with Crippen molar-refractivity contribution >= 4 is 5.91 Å². The van der Waals surface area contributed by atoms with Crippen molar-refractivity contribution in [3.63, 3.8) is 0 Å². The maximum Gasteiger partial charge on any atom is 0.222 e. The van der Waals surface area contributed by atoms with Gasteiger partial charge in [-0.3, -0.25) is 4.79 Å². The minimum atomic E-state index is -0.367. The summed E-state index contributed by atoms with van der Waals surface area (Å²) in [4.78, 5) is 13.6. The van der Waals surface area contributed by atoms with Crippen LogP contribution in [-0.2, 0) is 11.2 Å². The van der Waals surface area contributed by atoms with Gasteiger partial charge >= 0.3 is 0 Å². The first kappa shape index (κ1) is 15.5. The molecule has 19 heavy (non-hydrogen) atoms. The summed E-state index contributed by atoms with van der Waals surface area (Å²) in [7, 11) is 3.41. The molecule has 0 aliphatic heterocycles. The minimum absolute atomic E-state index is 0.100. The predicted molar refractivity (Wildman–Crippen MR) is 75.2 cm³/mol. The molecule has 0 heterocycles. The maximum absolute atomic E-state index is 11.9. The Bertz CT molecular complexity index is 404. The predicted octanol–water partition coefficient (Wildman–Crippen LogP) is 1.86. The first-order valence-electron chi connectivity index (χ1n) is 6.58. The van der Waals surface area contributed by atoms with Gasteiger partial charge in [-0.05, 0) is 37.5 Å². The number of ether oxygens (including phenoxy) is 1. The number of amides is 1. The van der Waals surface area contributed by atoms with E-state index in [9.17, 15) is 9.90 Å². The zero-order valence-electron chi connectivity index (χ0n) is 11.9. The third kappa shape index (κ3) is 5.75. The molecule has 4 heteroatoms. The molecule has 1 N–H and O–H groups in total. The Hall–Kier alpha value is -1.55. The second-order valence-corrected chi connectivity index (χ2v) is 4.80. The Labute approximate surface area is 115 Å². The van der Waals surface area contributed by atoms with Crippen molar-refractivity contribution in [2.24, 2.45) is 0 Å². The Kier molecular flexibility index (Phi) is 6.36. The number of benzene rings is 1. The van der Waals surface area contributed by atoms with Crippen LogP contribution in [0.2, 0.25) is 0 Å². The van der Waals surface area contributed by atoms with E-state index in [0.29, 0.717) is 25.8 Å². The van der Waals surface area contributed by atoms with Gasteiger partial charge in [-0.2, -0.15) is 0 Å². The molecule has 0 radical (unpaired) electrons. The zero-order valence-corrected chi connectivity index (χ0v) is 11.9. The third-order valence-electron chi connectivity index (χ3n) is 3.07. The molecule has 1 atom stereocenters. The molecule has 1 rings (SSSR count). The summed E-state index contributed by atoms with van der Waals surface area (Å²) in [5.74, 6) is 0.913. The largest absolute Gasteiger partial charge is 0.497 e. The first-order valence-corrected chi connectivity index (χ1v) is 6.58. The van der Waals surface area contributed by atoms with E-state index in [0.717, 1.165) is 11.3 Å². The summed E-state index contributed by atoms with van der Waals surface area (Å²) in [5.41, 5.74) is 1.09. The summed E-state index contributed by atoms with van der Waals surface area (Å²) < 4.78 is 5.15. The van der Waals surface area contributed by atoms with Gasteiger partial charge in [0.15, 0.2) is 0 Å².